The molecule has 2 N–H and O–H groups in total. The van der Waals surface area contributed by atoms with E-state index in [4.69, 9.17) is 11.6 Å². The van der Waals surface area contributed by atoms with Gasteiger partial charge in [-0.2, -0.15) is 0 Å². The number of aromatic amines is 1. The minimum absolute atomic E-state index is 0.231. The Kier molecular flexibility index (Phi) is 5.64. The van der Waals surface area contributed by atoms with Crippen molar-refractivity contribution in [1.82, 2.24) is 25.0 Å². The van der Waals surface area contributed by atoms with Gasteiger partial charge in [-0.3, -0.25) is 9.59 Å². The molecule has 0 unspecified atom stereocenters. The zero-order valence-corrected chi connectivity index (χ0v) is 17.6. The summed E-state index contributed by atoms with van der Waals surface area (Å²) < 4.78 is 1.61. The molecule has 8 nitrogen and oxygen atoms in total. The van der Waals surface area contributed by atoms with Crippen molar-refractivity contribution in [2.75, 3.05) is 5.32 Å². The van der Waals surface area contributed by atoms with Crippen LogP contribution < -0.4 is 10.9 Å². The van der Waals surface area contributed by atoms with Gasteiger partial charge in [-0.25, -0.2) is 9.67 Å². The van der Waals surface area contributed by atoms with E-state index in [0.29, 0.717) is 39.9 Å². The predicted octanol–water partition coefficient (Wildman–Crippen LogP) is 3.79. The van der Waals surface area contributed by atoms with E-state index >= 15 is 0 Å². The predicted molar refractivity (Wildman–Crippen MR) is 119 cm³/mol. The van der Waals surface area contributed by atoms with Crippen molar-refractivity contribution in [3.05, 3.63) is 87.1 Å². The molecule has 0 saturated heterocycles. The number of carbonyl (C=O) groups is 1. The van der Waals surface area contributed by atoms with Crippen LogP contribution >= 0.6 is 11.6 Å². The Labute approximate surface area is 182 Å². The van der Waals surface area contributed by atoms with Crippen molar-refractivity contribution in [2.24, 2.45) is 0 Å². The number of aromatic nitrogens is 5. The maximum absolute atomic E-state index is 12.9. The zero-order chi connectivity index (χ0) is 22.0. The Balaban J connectivity index is 1.63. The molecule has 0 aliphatic carbocycles. The molecule has 2 aromatic heterocycles. The van der Waals surface area contributed by atoms with Crippen molar-refractivity contribution in [1.29, 1.82) is 0 Å². The first-order valence-corrected chi connectivity index (χ1v) is 10.0. The van der Waals surface area contributed by atoms with Gasteiger partial charge in [0, 0.05) is 28.0 Å². The van der Waals surface area contributed by atoms with E-state index in [1.807, 2.05) is 19.1 Å². The highest BCUT2D eigenvalue weighted by atomic mass is 35.5. The molecule has 4 rings (SSSR count). The van der Waals surface area contributed by atoms with Crippen molar-refractivity contribution < 1.29 is 4.79 Å². The monoisotopic (exact) mass is 434 g/mol. The van der Waals surface area contributed by atoms with Crippen LogP contribution in [0.2, 0.25) is 5.02 Å². The van der Waals surface area contributed by atoms with Crippen molar-refractivity contribution in [2.45, 2.75) is 20.3 Å². The smallest absolute Gasteiger partial charge is 0.278 e. The van der Waals surface area contributed by atoms with Gasteiger partial charge in [-0.15, -0.1) is 5.10 Å². The normalized spacial score (nSPS) is 10.8. The highest BCUT2D eigenvalue weighted by Crippen LogP contribution is 2.21. The van der Waals surface area contributed by atoms with E-state index in [1.165, 1.54) is 6.07 Å². The Morgan fingerprint density at radius 3 is 2.71 bits per heavy atom. The number of H-pyrrole nitrogens is 1. The number of carbonyl (C=O) groups excluding carboxylic acids is 1. The molecule has 4 aromatic rings. The third kappa shape index (κ3) is 4.39. The zero-order valence-electron chi connectivity index (χ0n) is 16.9. The molecule has 0 radical (unpaired) electrons. The van der Waals surface area contributed by atoms with Crippen LogP contribution in [-0.2, 0) is 6.42 Å². The van der Waals surface area contributed by atoms with Crippen LogP contribution in [0.5, 0.6) is 0 Å². The average molecular weight is 435 g/mol. The van der Waals surface area contributed by atoms with Gasteiger partial charge in [0.05, 0.1) is 11.4 Å². The highest BCUT2D eigenvalue weighted by molar-refractivity contribution is 6.30. The average Bonchev–Trinajstić information content (AvgIpc) is 3.17. The lowest BCUT2D eigenvalue weighted by Gasteiger charge is -2.08. The maximum atomic E-state index is 12.9. The van der Waals surface area contributed by atoms with Gasteiger partial charge < -0.3 is 10.3 Å². The van der Waals surface area contributed by atoms with Gasteiger partial charge in [-0.05, 0) is 43.7 Å². The lowest BCUT2D eigenvalue weighted by molar-refractivity contribution is 0.102. The minimum Gasteiger partial charge on any atom is -0.321 e. The fourth-order valence-electron chi connectivity index (χ4n) is 3.26. The summed E-state index contributed by atoms with van der Waals surface area (Å²) in [6, 6.07) is 15.7. The van der Waals surface area contributed by atoms with Gasteiger partial charge in [0.2, 0.25) is 0 Å². The van der Waals surface area contributed by atoms with E-state index in [-0.39, 0.29) is 17.2 Å². The van der Waals surface area contributed by atoms with Crippen LogP contribution in [0.4, 0.5) is 5.69 Å². The number of hydrogen-bond acceptors (Lipinski definition) is 5. The van der Waals surface area contributed by atoms with Gasteiger partial charge in [0.15, 0.2) is 5.69 Å². The summed E-state index contributed by atoms with van der Waals surface area (Å²) in [4.78, 5) is 31.7. The Morgan fingerprint density at radius 1 is 1.16 bits per heavy atom. The first kappa shape index (κ1) is 20.5. The van der Waals surface area contributed by atoms with E-state index in [9.17, 15) is 9.59 Å². The lowest BCUT2D eigenvalue weighted by atomic mass is 10.1. The van der Waals surface area contributed by atoms with E-state index < -0.39 is 0 Å². The van der Waals surface area contributed by atoms with Gasteiger partial charge in [-0.1, -0.05) is 41.9 Å². The van der Waals surface area contributed by atoms with Crippen LogP contribution in [0.25, 0.3) is 17.1 Å². The Hall–Kier alpha value is -3.78. The number of benzene rings is 2. The van der Waals surface area contributed by atoms with Gasteiger partial charge >= 0.3 is 0 Å². The summed E-state index contributed by atoms with van der Waals surface area (Å²) in [5, 5.41) is 11.7. The number of hydrogen-bond donors (Lipinski definition) is 2. The van der Waals surface area contributed by atoms with Crippen LogP contribution in [0, 0.1) is 6.92 Å². The highest BCUT2D eigenvalue weighted by Gasteiger charge is 2.20. The molecule has 0 fully saturated rings. The van der Waals surface area contributed by atoms with Gasteiger partial charge in [0.25, 0.3) is 11.5 Å². The van der Waals surface area contributed by atoms with Crippen LogP contribution in [-0.4, -0.2) is 30.9 Å². The molecule has 1 amide bonds. The molecule has 2 heterocycles. The molecular formula is C22H19ClN6O2. The number of amides is 1. The number of rotatable bonds is 5. The number of halogens is 1. The van der Waals surface area contributed by atoms with E-state index in [0.717, 1.165) is 5.69 Å². The molecule has 0 aliphatic rings. The first-order chi connectivity index (χ1) is 14.9. The maximum Gasteiger partial charge on any atom is 0.278 e. The summed E-state index contributed by atoms with van der Waals surface area (Å²) >= 11 is 6.08. The quantitative estimate of drug-likeness (QED) is 0.497. The topological polar surface area (TPSA) is 106 Å². The number of nitrogens with one attached hydrogen (secondary N) is 2. The first-order valence-electron chi connectivity index (χ1n) is 9.65. The Bertz CT molecular complexity index is 1330. The second-order valence-corrected chi connectivity index (χ2v) is 7.34. The number of aryl methyl sites for hydroxylation is 1. The molecule has 0 aliphatic heterocycles. The number of anilines is 1. The summed E-state index contributed by atoms with van der Waals surface area (Å²) in [6.07, 6.45) is 0.552. The molecule has 31 heavy (non-hydrogen) atoms. The Morgan fingerprint density at radius 2 is 1.97 bits per heavy atom. The molecule has 9 heteroatoms. The molecular weight excluding hydrogens is 416 g/mol. The van der Waals surface area contributed by atoms with Crippen LogP contribution in [0.15, 0.2) is 59.4 Å². The summed E-state index contributed by atoms with van der Waals surface area (Å²) in [5.74, 6) is 0.0511. The third-order valence-corrected chi connectivity index (χ3v) is 4.86. The van der Waals surface area contributed by atoms with E-state index in [2.05, 4.69) is 25.6 Å². The fraction of sp³-hybridized carbons (Fsp3) is 0.136. The SMILES string of the molecule is CCc1c(C(=O)Nc2cccc(-c3nc(C)cc(=O)[nH]3)c2)nnn1-c1cccc(Cl)c1. The molecule has 2 aromatic carbocycles. The molecule has 156 valence electrons. The second kappa shape index (κ2) is 8.53. The standard InChI is InChI=1S/C22H19ClN6O2/c1-3-18-20(27-28-29(18)17-9-5-7-15(23)12-17)22(31)25-16-8-4-6-14(11-16)21-24-13(2)10-19(30)26-21/h4-12H,3H2,1-2H3,(H,25,31)(H,24,26,30). The molecule has 0 atom stereocenters. The van der Waals surface area contributed by atoms with Crippen LogP contribution in [0.1, 0.15) is 28.8 Å². The molecule has 0 spiro atoms. The van der Waals surface area contributed by atoms with E-state index in [1.54, 1.807) is 48.0 Å². The summed E-state index contributed by atoms with van der Waals surface area (Å²) in [5.41, 5.74) is 3.23. The van der Waals surface area contributed by atoms with Crippen LogP contribution in [0.3, 0.4) is 0 Å². The van der Waals surface area contributed by atoms with Gasteiger partial charge in [0.1, 0.15) is 5.82 Å². The summed E-state index contributed by atoms with van der Waals surface area (Å²) in [7, 11) is 0. The van der Waals surface area contributed by atoms with Crippen molar-refractivity contribution in [3.8, 4) is 17.1 Å². The van der Waals surface area contributed by atoms with Crippen molar-refractivity contribution >= 4 is 23.2 Å². The molecule has 0 bridgehead atoms. The fourth-order valence-corrected chi connectivity index (χ4v) is 3.45. The largest absolute Gasteiger partial charge is 0.321 e. The lowest BCUT2D eigenvalue weighted by Crippen LogP contribution is -2.15. The number of nitrogens with zero attached hydrogens (tertiary/aromatic N) is 4. The summed E-state index contributed by atoms with van der Waals surface area (Å²) in [6.45, 7) is 3.68. The minimum atomic E-state index is -0.382. The third-order valence-electron chi connectivity index (χ3n) is 4.63. The second-order valence-electron chi connectivity index (χ2n) is 6.90. The van der Waals surface area contributed by atoms with Crippen molar-refractivity contribution in [3.63, 3.8) is 0 Å². The molecule has 0 saturated carbocycles.